The summed E-state index contributed by atoms with van der Waals surface area (Å²) in [7, 11) is -2.21. The minimum Gasteiger partial charge on any atom is -0.465 e. The SMILES string of the molecule is C[C@H]1CN(c2ccncc2NCc2ccc(F)c(-c3c(F)cc(C(C)(C)O)cc3F)n2)C[C@@H](NC(=O)O)[C@@H]1O[Si](C)(C)C(C)(C)C. The molecule has 1 fully saturated rings. The highest BCUT2D eigenvalue weighted by molar-refractivity contribution is 6.74. The Hall–Kier alpha value is -3.68. The van der Waals surface area contributed by atoms with Gasteiger partial charge in [0.2, 0.25) is 0 Å². The van der Waals surface area contributed by atoms with E-state index in [4.69, 9.17) is 4.43 Å². The number of amides is 1. The van der Waals surface area contributed by atoms with Crippen LogP contribution in [-0.4, -0.2) is 59.8 Å². The molecule has 0 saturated carbocycles. The Bertz CT molecular complexity index is 1550. The van der Waals surface area contributed by atoms with Crippen molar-refractivity contribution in [2.24, 2.45) is 5.92 Å². The van der Waals surface area contributed by atoms with Crippen LogP contribution in [0.5, 0.6) is 0 Å². The van der Waals surface area contributed by atoms with Crippen molar-refractivity contribution in [1.29, 1.82) is 0 Å². The molecule has 1 aliphatic rings. The van der Waals surface area contributed by atoms with Gasteiger partial charge in [0.15, 0.2) is 8.32 Å². The van der Waals surface area contributed by atoms with Crippen LogP contribution in [0.3, 0.4) is 0 Å². The number of piperidine rings is 1. The van der Waals surface area contributed by atoms with Gasteiger partial charge in [0, 0.05) is 25.2 Å². The average molecular weight is 660 g/mol. The highest BCUT2D eigenvalue weighted by Crippen LogP contribution is 2.40. The molecule has 0 aliphatic carbocycles. The number of aromatic nitrogens is 2. The van der Waals surface area contributed by atoms with Crippen molar-refractivity contribution in [1.82, 2.24) is 15.3 Å². The van der Waals surface area contributed by atoms with Crippen molar-refractivity contribution in [3.05, 3.63) is 71.4 Å². The topological polar surface area (TPSA) is 120 Å². The number of aliphatic hydroxyl groups is 1. The van der Waals surface area contributed by atoms with E-state index < -0.39 is 54.8 Å². The van der Waals surface area contributed by atoms with Gasteiger partial charge in [-0.25, -0.2) is 22.9 Å². The number of carbonyl (C=O) groups is 1. The molecule has 4 N–H and O–H groups in total. The van der Waals surface area contributed by atoms with E-state index in [0.717, 1.165) is 23.9 Å². The summed E-state index contributed by atoms with van der Waals surface area (Å²) >= 11 is 0. The van der Waals surface area contributed by atoms with Crippen molar-refractivity contribution in [2.45, 2.75) is 84.0 Å². The number of benzene rings is 1. The van der Waals surface area contributed by atoms with Crippen molar-refractivity contribution in [3.8, 4) is 11.3 Å². The van der Waals surface area contributed by atoms with Crippen LogP contribution >= 0.6 is 0 Å². The lowest BCUT2D eigenvalue weighted by molar-refractivity contribution is 0.0722. The number of nitrogens with zero attached hydrogens (tertiary/aromatic N) is 3. The minimum absolute atomic E-state index is 0.0132. The molecule has 13 heteroatoms. The average Bonchev–Trinajstić information content (AvgIpc) is 2.93. The first-order valence-electron chi connectivity index (χ1n) is 15.3. The Morgan fingerprint density at radius 1 is 1.07 bits per heavy atom. The number of nitrogens with one attached hydrogen (secondary N) is 2. The number of hydrogen-bond acceptors (Lipinski definition) is 7. The standard InChI is InChI=1S/C33H44F3N5O4Si/c1-19-17-41(18-26(40-31(42)43)30(19)45-46(7,8)32(2,3)4)27-11-12-37-16-25(27)38-15-21-9-10-22(34)29(39-21)28-23(35)13-20(14-24(28)36)33(5,6)44/h9-14,16,19,26,30,38,40,44H,15,17-18H2,1-8H3,(H,42,43)/t19-,26+,30+/m0/s1. The Morgan fingerprint density at radius 2 is 1.72 bits per heavy atom. The fraction of sp³-hybridized carbons (Fsp3) is 0.485. The molecule has 0 radical (unpaired) electrons. The molecule has 9 nitrogen and oxygen atoms in total. The third kappa shape index (κ3) is 7.81. The summed E-state index contributed by atoms with van der Waals surface area (Å²) in [6.45, 7) is 16.6. The predicted octanol–water partition coefficient (Wildman–Crippen LogP) is 6.88. The highest BCUT2D eigenvalue weighted by atomic mass is 28.4. The van der Waals surface area contributed by atoms with Crippen molar-refractivity contribution in [2.75, 3.05) is 23.3 Å². The summed E-state index contributed by atoms with van der Waals surface area (Å²) in [5, 5.41) is 25.7. The highest BCUT2D eigenvalue weighted by Gasteiger charge is 2.45. The summed E-state index contributed by atoms with van der Waals surface area (Å²) in [5.41, 5.74) is -0.880. The molecule has 1 saturated heterocycles. The van der Waals surface area contributed by atoms with Gasteiger partial charge in [-0.05, 0) is 67.9 Å². The Balaban J connectivity index is 1.58. The molecular formula is C33H44F3N5O4Si. The second-order valence-electron chi connectivity index (χ2n) is 14.0. The molecule has 2 aromatic heterocycles. The van der Waals surface area contributed by atoms with Crippen LogP contribution in [-0.2, 0) is 16.6 Å². The van der Waals surface area contributed by atoms with Crippen LogP contribution in [0, 0.1) is 23.4 Å². The van der Waals surface area contributed by atoms with Gasteiger partial charge < -0.3 is 30.2 Å². The molecule has 0 unspecified atom stereocenters. The third-order valence-corrected chi connectivity index (χ3v) is 13.4. The lowest BCUT2D eigenvalue weighted by Gasteiger charge is -2.48. The molecule has 3 atom stereocenters. The molecule has 0 bridgehead atoms. The first-order valence-corrected chi connectivity index (χ1v) is 18.2. The van der Waals surface area contributed by atoms with E-state index in [0.29, 0.717) is 24.5 Å². The molecule has 1 aliphatic heterocycles. The van der Waals surface area contributed by atoms with Crippen molar-refractivity contribution < 1.29 is 32.6 Å². The van der Waals surface area contributed by atoms with Gasteiger partial charge in [0.25, 0.3) is 0 Å². The monoisotopic (exact) mass is 659 g/mol. The van der Waals surface area contributed by atoms with Crippen LogP contribution in [0.15, 0.2) is 42.7 Å². The summed E-state index contributed by atoms with van der Waals surface area (Å²) < 4.78 is 51.6. The van der Waals surface area contributed by atoms with E-state index in [1.807, 2.05) is 13.0 Å². The van der Waals surface area contributed by atoms with E-state index in [2.05, 4.69) is 59.4 Å². The maximum absolute atomic E-state index is 15.0. The molecule has 46 heavy (non-hydrogen) atoms. The first-order chi connectivity index (χ1) is 21.3. The summed E-state index contributed by atoms with van der Waals surface area (Å²) in [4.78, 5) is 22.4. The molecule has 3 aromatic rings. The maximum atomic E-state index is 15.0. The zero-order chi connectivity index (χ0) is 34.2. The van der Waals surface area contributed by atoms with Crippen molar-refractivity contribution >= 4 is 25.8 Å². The van der Waals surface area contributed by atoms with Gasteiger partial charge in [-0.15, -0.1) is 0 Å². The number of carboxylic acid groups (broad SMARTS) is 1. The molecule has 3 heterocycles. The van der Waals surface area contributed by atoms with Gasteiger partial charge in [0.1, 0.15) is 23.1 Å². The van der Waals surface area contributed by atoms with Gasteiger partial charge in [-0.3, -0.25) is 4.98 Å². The van der Waals surface area contributed by atoms with E-state index >= 15 is 8.78 Å². The normalized spacial score (nSPS) is 19.2. The summed E-state index contributed by atoms with van der Waals surface area (Å²) in [6.07, 6.45) is 1.82. The molecule has 1 amide bonds. The van der Waals surface area contributed by atoms with E-state index in [-0.39, 0.29) is 29.2 Å². The lowest BCUT2D eigenvalue weighted by Crippen LogP contribution is -2.62. The van der Waals surface area contributed by atoms with Crippen molar-refractivity contribution in [3.63, 3.8) is 0 Å². The Morgan fingerprint density at radius 3 is 2.30 bits per heavy atom. The number of anilines is 2. The Labute approximate surface area is 269 Å². The van der Waals surface area contributed by atoms with Crippen LogP contribution < -0.4 is 15.5 Å². The second-order valence-corrected chi connectivity index (χ2v) is 18.8. The van der Waals surface area contributed by atoms with Gasteiger partial charge in [-0.2, -0.15) is 0 Å². The fourth-order valence-corrected chi connectivity index (χ4v) is 6.79. The zero-order valence-electron chi connectivity index (χ0n) is 27.6. The molecule has 0 spiro atoms. The van der Waals surface area contributed by atoms with E-state index in [1.165, 1.54) is 19.9 Å². The third-order valence-electron chi connectivity index (χ3n) is 8.92. The van der Waals surface area contributed by atoms with Crippen LogP contribution in [0.4, 0.5) is 29.3 Å². The van der Waals surface area contributed by atoms with E-state index in [1.54, 1.807) is 12.4 Å². The number of pyridine rings is 2. The fourth-order valence-electron chi connectivity index (χ4n) is 5.36. The Kier molecular flexibility index (Phi) is 10.1. The quantitative estimate of drug-likeness (QED) is 0.184. The smallest absolute Gasteiger partial charge is 0.405 e. The second kappa shape index (κ2) is 13.2. The molecule has 250 valence electrons. The van der Waals surface area contributed by atoms with Crippen LogP contribution in [0.25, 0.3) is 11.3 Å². The van der Waals surface area contributed by atoms with Gasteiger partial charge >= 0.3 is 6.09 Å². The number of rotatable bonds is 9. The lowest BCUT2D eigenvalue weighted by atomic mass is 9.92. The largest absolute Gasteiger partial charge is 0.465 e. The van der Waals surface area contributed by atoms with E-state index in [9.17, 15) is 19.4 Å². The van der Waals surface area contributed by atoms with Crippen LogP contribution in [0.1, 0.15) is 52.8 Å². The van der Waals surface area contributed by atoms with Crippen LogP contribution in [0.2, 0.25) is 18.1 Å². The predicted molar refractivity (Wildman–Crippen MR) is 175 cm³/mol. The zero-order valence-corrected chi connectivity index (χ0v) is 28.6. The summed E-state index contributed by atoms with van der Waals surface area (Å²) in [6, 6.07) is 5.79. The van der Waals surface area contributed by atoms with Gasteiger partial charge in [-0.1, -0.05) is 27.7 Å². The van der Waals surface area contributed by atoms with Gasteiger partial charge in [0.05, 0.1) is 53.1 Å². The summed E-state index contributed by atoms with van der Waals surface area (Å²) in [5.74, 6) is -2.99. The molecule has 1 aromatic carbocycles. The molecular weight excluding hydrogens is 615 g/mol. The minimum atomic E-state index is -2.21. The maximum Gasteiger partial charge on any atom is 0.405 e. The number of halogens is 3. The number of hydrogen-bond donors (Lipinski definition) is 4. The first kappa shape index (κ1) is 35.2. The molecule has 4 rings (SSSR count).